The highest BCUT2D eigenvalue weighted by Gasteiger charge is 2.21. The Balaban J connectivity index is 0.000000273. The summed E-state index contributed by atoms with van der Waals surface area (Å²) in [5.41, 5.74) is 10.8. The van der Waals surface area contributed by atoms with E-state index in [-0.39, 0.29) is 71.3 Å². The Morgan fingerprint density at radius 3 is 1.55 bits per heavy atom. The summed E-state index contributed by atoms with van der Waals surface area (Å²) in [5.74, 6) is -0.744. The summed E-state index contributed by atoms with van der Waals surface area (Å²) >= 11 is 14.4. The fraction of sp³-hybridized carbons (Fsp3) is 0.200. The minimum atomic E-state index is -3.48. The van der Waals surface area contributed by atoms with Crippen LogP contribution in [0.15, 0.2) is 112 Å². The monoisotopic (exact) mass is 962 g/mol. The van der Waals surface area contributed by atoms with Crippen molar-refractivity contribution < 1.29 is 18.0 Å². The molecule has 4 aromatic carbocycles. The molecule has 0 aliphatic rings. The van der Waals surface area contributed by atoms with Crippen LogP contribution in [0, 0.1) is 27.7 Å². The van der Waals surface area contributed by atoms with Gasteiger partial charge in [-0.2, -0.15) is 4.98 Å². The van der Waals surface area contributed by atoms with Crippen molar-refractivity contribution in [3.8, 4) is 11.4 Å². The van der Waals surface area contributed by atoms with Gasteiger partial charge in [0, 0.05) is 11.1 Å². The van der Waals surface area contributed by atoms with E-state index in [0.717, 1.165) is 44.9 Å². The Morgan fingerprint density at radius 2 is 1.11 bits per heavy atom. The van der Waals surface area contributed by atoms with Crippen molar-refractivity contribution in [3.63, 3.8) is 0 Å². The molecule has 64 heavy (non-hydrogen) atoms. The van der Waals surface area contributed by atoms with Crippen molar-refractivity contribution in [1.29, 1.82) is 0 Å². The van der Waals surface area contributed by atoms with Gasteiger partial charge in [-0.15, -0.1) is 0 Å². The number of hydrogen-bond acceptors (Lipinski definition) is 12. The highest BCUT2D eigenvalue weighted by molar-refractivity contribution is 7.93. The van der Waals surface area contributed by atoms with E-state index >= 15 is 0 Å². The lowest BCUT2D eigenvalue weighted by Crippen LogP contribution is -2.19. The second-order valence-electron chi connectivity index (χ2n) is 13.4. The summed E-state index contributed by atoms with van der Waals surface area (Å²) in [6.45, 7) is 9.15. The summed E-state index contributed by atoms with van der Waals surface area (Å²) in [5, 5.41) is 3.92. The lowest BCUT2D eigenvalue weighted by Gasteiger charge is -2.10. The summed E-state index contributed by atoms with van der Waals surface area (Å²) in [4.78, 5) is 65.2. The molecular weight excluding hydrogens is 916 g/mol. The van der Waals surface area contributed by atoms with Gasteiger partial charge in [-0.1, -0.05) is 135 Å². The van der Waals surface area contributed by atoms with Crippen molar-refractivity contribution in [2.45, 2.75) is 61.2 Å². The summed E-state index contributed by atoms with van der Waals surface area (Å²) < 4.78 is 27.0. The average Bonchev–Trinajstić information content (AvgIpc) is 3.86. The van der Waals surface area contributed by atoms with E-state index < -0.39 is 9.84 Å². The molecule has 4 heterocycles. The molecule has 4 aromatic heterocycles. The van der Waals surface area contributed by atoms with Crippen LogP contribution in [0.5, 0.6) is 0 Å². The SMILES string of the molecule is C.C.C.CCS(=O)(=O)c1nc2ncn(-c3c(C)cccc3Cl)c(=O)c2s1.Cc1ccc(C(=O)Nc2nc3ncn(-c4c(C)cccc4Cl)c(=O)c3s2)cc1.Cc1ccc(C(N)=O)cc1. The Bertz CT molecular complexity index is 3140. The second kappa shape index (κ2) is 22.0. The van der Waals surface area contributed by atoms with Gasteiger partial charge in [-0.3, -0.25) is 33.6 Å². The number of hydrogen-bond donors (Lipinski definition) is 2. The number of aryl methyl sites for hydroxylation is 4. The standard InChI is InChI=1S/C20H15ClN4O2S.C14H12ClN3O3S2.C8H9NO.3CH4/c1-11-6-8-13(9-7-11)18(26)24-20-23-17-16(28-20)19(27)25(10-22-17)15-12(2)4-3-5-14(15)21;1-3-23(20,21)14-17-12-11(22-14)13(19)18(7-16-12)10-8(2)5-4-6-9(10)15;1-6-2-4-7(5-3-6)8(9)10;;;/h3-10H,1-2H3,(H,23,24,26);4-7H,3H2,1-2H3;2-5H,1H3,(H2,9,10);3*1H4. The molecule has 2 amide bonds. The molecule has 0 radical (unpaired) electrons. The average molecular weight is 964 g/mol. The second-order valence-corrected chi connectivity index (χ2v) is 18.7. The minimum Gasteiger partial charge on any atom is -0.366 e. The van der Waals surface area contributed by atoms with Crippen molar-refractivity contribution in [2.75, 3.05) is 11.1 Å². The Labute approximate surface area is 389 Å². The first-order valence-corrected chi connectivity index (χ1v) is 22.3. The molecule has 0 bridgehead atoms. The first-order chi connectivity index (χ1) is 29.0. The lowest BCUT2D eigenvalue weighted by atomic mass is 10.1. The Kier molecular flexibility index (Phi) is 18.0. The molecule has 0 saturated heterocycles. The lowest BCUT2D eigenvalue weighted by molar-refractivity contribution is 0.0997. The van der Waals surface area contributed by atoms with E-state index in [1.54, 1.807) is 42.5 Å². The van der Waals surface area contributed by atoms with Crippen LogP contribution in [0.4, 0.5) is 5.13 Å². The molecule has 336 valence electrons. The smallest absolute Gasteiger partial charge is 0.277 e. The molecule has 0 aliphatic carbocycles. The first kappa shape index (κ1) is 52.2. The van der Waals surface area contributed by atoms with Gasteiger partial charge in [0.25, 0.3) is 17.0 Å². The number of aromatic nitrogens is 6. The number of benzene rings is 4. The number of para-hydroxylation sites is 2. The number of nitrogens with zero attached hydrogens (tertiary/aromatic N) is 6. The van der Waals surface area contributed by atoms with Gasteiger partial charge in [0.15, 0.2) is 16.4 Å². The van der Waals surface area contributed by atoms with E-state index in [1.807, 2.05) is 70.2 Å². The van der Waals surface area contributed by atoms with E-state index in [4.69, 9.17) is 28.9 Å². The van der Waals surface area contributed by atoms with Gasteiger partial charge < -0.3 is 5.73 Å². The zero-order valence-electron chi connectivity index (χ0n) is 33.1. The number of thiazole rings is 2. The van der Waals surface area contributed by atoms with Crippen LogP contribution < -0.4 is 22.2 Å². The van der Waals surface area contributed by atoms with Crippen LogP contribution in [0.1, 0.15) is 72.2 Å². The molecule has 0 atom stereocenters. The zero-order chi connectivity index (χ0) is 44.2. The molecule has 0 spiro atoms. The third-order valence-corrected chi connectivity index (χ3v) is 13.8. The molecule has 8 aromatic rings. The first-order valence-electron chi connectivity index (χ1n) is 18.2. The van der Waals surface area contributed by atoms with Crippen LogP contribution >= 0.6 is 45.9 Å². The molecular formula is C45H48Cl2N8O6S3. The number of carbonyl (C=O) groups excluding carboxylic acids is 2. The molecule has 0 fully saturated rings. The summed E-state index contributed by atoms with van der Waals surface area (Å²) in [6.07, 6.45) is 2.73. The predicted molar refractivity (Wildman–Crippen MR) is 262 cm³/mol. The molecule has 0 aliphatic heterocycles. The number of sulfone groups is 1. The third kappa shape index (κ3) is 11.5. The molecule has 0 unspecified atom stereocenters. The number of nitrogens with one attached hydrogen (secondary N) is 1. The molecule has 19 heteroatoms. The van der Waals surface area contributed by atoms with Crippen molar-refractivity contribution >= 4 is 93.4 Å². The number of amides is 2. The quantitative estimate of drug-likeness (QED) is 0.155. The fourth-order valence-corrected chi connectivity index (χ4v) is 9.42. The largest absolute Gasteiger partial charge is 0.366 e. The fourth-order valence-electron chi connectivity index (χ4n) is 5.68. The number of primary amides is 1. The number of anilines is 1. The predicted octanol–water partition coefficient (Wildman–Crippen LogP) is 9.96. The highest BCUT2D eigenvalue weighted by Crippen LogP contribution is 2.28. The van der Waals surface area contributed by atoms with Gasteiger partial charge in [0.05, 0.1) is 27.2 Å². The van der Waals surface area contributed by atoms with E-state index in [9.17, 15) is 27.6 Å². The molecule has 8 rings (SSSR count). The minimum absolute atomic E-state index is 0. The van der Waals surface area contributed by atoms with Gasteiger partial charge in [-0.25, -0.2) is 23.4 Å². The zero-order valence-corrected chi connectivity index (χ0v) is 37.1. The number of nitrogens with two attached hydrogens (primary N) is 1. The van der Waals surface area contributed by atoms with E-state index in [1.165, 1.54) is 28.7 Å². The van der Waals surface area contributed by atoms with Crippen molar-refractivity contribution in [3.05, 3.63) is 162 Å². The van der Waals surface area contributed by atoms with E-state index in [0.29, 0.717) is 42.4 Å². The molecule has 0 saturated carbocycles. The topological polar surface area (TPSA) is 202 Å². The number of fused-ring (bicyclic) bond motifs is 2. The van der Waals surface area contributed by atoms with Crippen molar-refractivity contribution in [1.82, 2.24) is 29.1 Å². The number of rotatable bonds is 7. The van der Waals surface area contributed by atoms with Crippen LogP contribution in [-0.4, -0.2) is 55.1 Å². The van der Waals surface area contributed by atoms with Crippen LogP contribution in [0.3, 0.4) is 0 Å². The Hall–Kier alpha value is -6.11. The molecule has 14 nitrogen and oxygen atoms in total. The number of halogens is 2. The highest BCUT2D eigenvalue weighted by atomic mass is 35.5. The Morgan fingerprint density at radius 1 is 0.672 bits per heavy atom. The van der Waals surface area contributed by atoms with Crippen molar-refractivity contribution in [2.24, 2.45) is 5.73 Å². The summed E-state index contributed by atoms with van der Waals surface area (Å²) in [6, 6.07) is 25.1. The normalized spacial score (nSPS) is 10.5. The molecule has 3 N–H and O–H groups in total. The van der Waals surface area contributed by atoms with Crippen LogP contribution in [0.25, 0.3) is 32.1 Å². The van der Waals surface area contributed by atoms with Gasteiger partial charge in [0.1, 0.15) is 22.1 Å². The third-order valence-electron chi connectivity index (χ3n) is 8.99. The maximum absolute atomic E-state index is 13.0. The summed E-state index contributed by atoms with van der Waals surface area (Å²) in [7, 11) is -3.48. The number of carbonyl (C=O) groups is 2. The van der Waals surface area contributed by atoms with Gasteiger partial charge >= 0.3 is 0 Å². The van der Waals surface area contributed by atoms with Crippen LogP contribution in [-0.2, 0) is 9.84 Å². The van der Waals surface area contributed by atoms with Crippen LogP contribution in [0.2, 0.25) is 10.0 Å². The maximum atomic E-state index is 13.0. The maximum Gasteiger partial charge on any atom is 0.277 e. The van der Waals surface area contributed by atoms with Gasteiger partial charge in [-0.05, 0) is 75.2 Å². The van der Waals surface area contributed by atoms with E-state index in [2.05, 4.69) is 25.3 Å². The van der Waals surface area contributed by atoms with Gasteiger partial charge in [0.2, 0.25) is 20.1 Å².